The van der Waals surface area contributed by atoms with E-state index in [1.54, 1.807) is 54.6 Å². The fourth-order valence-corrected chi connectivity index (χ4v) is 3.45. The average molecular weight is 462 g/mol. The molecule has 3 aromatic carbocycles. The summed E-state index contributed by atoms with van der Waals surface area (Å²) in [4.78, 5) is 25.4. The Bertz CT molecular complexity index is 1400. The lowest BCUT2D eigenvalue weighted by molar-refractivity contribution is 0.0734. The average Bonchev–Trinajstić information content (AvgIpc) is 2.87. The molecule has 174 valence electrons. The molecule has 0 saturated heterocycles. The molecule has 34 heavy (non-hydrogen) atoms. The van der Waals surface area contributed by atoms with Crippen LogP contribution in [0.15, 0.2) is 69.9 Å². The van der Waals surface area contributed by atoms with Crippen molar-refractivity contribution in [1.82, 2.24) is 0 Å². The molecule has 0 bridgehead atoms. The molecule has 8 nitrogen and oxygen atoms in total. The number of benzene rings is 3. The maximum absolute atomic E-state index is 12.7. The fourth-order valence-electron chi connectivity index (χ4n) is 3.45. The molecule has 1 aromatic heterocycles. The van der Waals surface area contributed by atoms with Gasteiger partial charge in [-0.1, -0.05) is 6.07 Å². The summed E-state index contributed by atoms with van der Waals surface area (Å²) < 4.78 is 31.9. The topological polar surface area (TPSA) is 93.4 Å². The van der Waals surface area contributed by atoms with Crippen LogP contribution in [0.4, 0.5) is 0 Å². The van der Waals surface area contributed by atoms with Crippen molar-refractivity contribution in [3.63, 3.8) is 0 Å². The van der Waals surface area contributed by atoms with Gasteiger partial charge < -0.3 is 28.1 Å². The summed E-state index contributed by atoms with van der Waals surface area (Å²) in [5.74, 6) is 1.58. The van der Waals surface area contributed by atoms with E-state index in [1.807, 2.05) is 0 Å². The maximum atomic E-state index is 12.7. The van der Waals surface area contributed by atoms with Crippen LogP contribution in [0.5, 0.6) is 28.7 Å². The summed E-state index contributed by atoms with van der Waals surface area (Å²) in [6.07, 6.45) is 0. The molecule has 0 atom stereocenters. The van der Waals surface area contributed by atoms with Gasteiger partial charge in [-0.15, -0.1) is 0 Å². The lowest BCUT2D eigenvalue weighted by Crippen LogP contribution is -2.09. The van der Waals surface area contributed by atoms with Gasteiger partial charge in [0.1, 0.15) is 22.8 Å². The Morgan fingerprint density at radius 3 is 2.06 bits per heavy atom. The molecule has 0 aliphatic rings. The van der Waals surface area contributed by atoms with Gasteiger partial charge in [0.05, 0.1) is 39.6 Å². The molecule has 8 heteroatoms. The number of esters is 1. The number of rotatable bonds is 7. The Morgan fingerprint density at radius 2 is 1.41 bits per heavy atom. The molecule has 4 aromatic rings. The Hall–Kier alpha value is -4.46. The van der Waals surface area contributed by atoms with Gasteiger partial charge in [-0.05, 0) is 48.0 Å². The first-order valence-corrected chi connectivity index (χ1v) is 10.2. The van der Waals surface area contributed by atoms with Crippen LogP contribution in [0, 0.1) is 0 Å². The minimum atomic E-state index is -0.610. The fraction of sp³-hybridized carbons (Fsp3) is 0.154. The minimum Gasteiger partial charge on any atom is -0.497 e. The summed E-state index contributed by atoms with van der Waals surface area (Å²) in [5, 5.41) is 0.659. The third-order valence-electron chi connectivity index (χ3n) is 5.20. The zero-order valence-electron chi connectivity index (χ0n) is 19.0. The van der Waals surface area contributed by atoms with Gasteiger partial charge in [-0.3, -0.25) is 0 Å². The first-order valence-electron chi connectivity index (χ1n) is 10.2. The van der Waals surface area contributed by atoms with Crippen molar-refractivity contribution in [2.75, 3.05) is 28.4 Å². The number of ether oxygens (including phenoxy) is 5. The largest absolute Gasteiger partial charge is 0.497 e. The smallest absolute Gasteiger partial charge is 0.344 e. The number of carbonyl (C=O) groups is 1. The molecule has 0 amide bonds. The lowest BCUT2D eigenvalue weighted by atomic mass is 10.1. The van der Waals surface area contributed by atoms with Crippen molar-refractivity contribution < 1.29 is 32.9 Å². The molecular weight excluding hydrogens is 440 g/mol. The zero-order chi connectivity index (χ0) is 24.2. The van der Waals surface area contributed by atoms with Crippen molar-refractivity contribution >= 4 is 16.9 Å². The number of carbonyl (C=O) groups excluding carboxylic acids is 1. The second-order valence-corrected chi connectivity index (χ2v) is 7.21. The third-order valence-corrected chi connectivity index (χ3v) is 5.20. The van der Waals surface area contributed by atoms with Gasteiger partial charge in [-0.25, -0.2) is 9.59 Å². The quantitative estimate of drug-likeness (QED) is 0.221. The molecule has 0 N–H and O–H groups in total. The van der Waals surface area contributed by atoms with Gasteiger partial charge in [-0.2, -0.15) is 0 Å². The predicted octanol–water partition coefficient (Wildman–Crippen LogP) is 4.71. The number of hydrogen-bond donors (Lipinski definition) is 0. The van der Waals surface area contributed by atoms with E-state index in [2.05, 4.69) is 0 Å². The Labute approximate surface area is 195 Å². The van der Waals surface area contributed by atoms with E-state index < -0.39 is 11.6 Å². The summed E-state index contributed by atoms with van der Waals surface area (Å²) >= 11 is 0. The van der Waals surface area contributed by atoms with Crippen molar-refractivity contribution in [2.24, 2.45) is 0 Å². The van der Waals surface area contributed by atoms with E-state index in [1.165, 1.54) is 34.5 Å². The third kappa shape index (κ3) is 4.52. The molecule has 0 fully saturated rings. The van der Waals surface area contributed by atoms with Crippen molar-refractivity contribution in [3.05, 3.63) is 76.6 Å². The molecule has 0 spiro atoms. The first kappa shape index (κ1) is 22.7. The van der Waals surface area contributed by atoms with Crippen molar-refractivity contribution in [1.29, 1.82) is 0 Å². The molecule has 0 aliphatic heterocycles. The predicted molar refractivity (Wildman–Crippen MR) is 126 cm³/mol. The molecule has 0 saturated carbocycles. The molecule has 0 radical (unpaired) electrons. The van der Waals surface area contributed by atoms with Gasteiger partial charge in [0.25, 0.3) is 0 Å². The second kappa shape index (κ2) is 9.58. The SMILES string of the molecule is COc1cc(OC)cc(C(=O)Oc2ccc3cc(-c4ccc(OC)c(OC)c4)c(=O)oc3c2)c1. The van der Waals surface area contributed by atoms with Crippen LogP contribution in [0.3, 0.4) is 0 Å². The van der Waals surface area contributed by atoms with Crippen LogP contribution < -0.4 is 29.3 Å². The Kier molecular flexibility index (Phi) is 6.40. The van der Waals surface area contributed by atoms with E-state index >= 15 is 0 Å². The maximum Gasteiger partial charge on any atom is 0.344 e. The summed E-state index contributed by atoms with van der Waals surface area (Å²) in [6.45, 7) is 0. The van der Waals surface area contributed by atoms with E-state index in [0.717, 1.165) is 0 Å². The van der Waals surface area contributed by atoms with Crippen LogP contribution in [-0.4, -0.2) is 34.4 Å². The highest BCUT2D eigenvalue weighted by molar-refractivity contribution is 5.92. The molecule has 0 aliphatic carbocycles. The van der Waals surface area contributed by atoms with E-state index in [-0.39, 0.29) is 16.9 Å². The van der Waals surface area contributed by atoms with Crippen molar-refractivity contribution in [3.8, 4) is 39.9 Å². The number of methoxy groups -OCH3 is 4. The van der Waals surface area contributed by atoms with Crippen LogP contribution in [0.2, 0.25) is 0 Å². The van der Waals surface area contributed by atoms with Crippen molar-refractivity contribution in [2.45, 2.75) is 0 Å². The van der Waals surface area contributed by atoms with Gasteiger partial charge in [0.15, 0.2) is 11.5 Å². The summed E-state index contributed by atoms with van der Waals surface area (Å²) in [5.41, 5.74) is 0.975. The molecule has 1 heterocycles. The Morgan fingerprint density at radius 1 is 0.706 bits per heavy atom. The zero-order valence-corrected chi connectivity index (χ0v) is 19.0. The number of hydrogen-bond acceptors (Lipinski definition) is 8. The highest BCUT2D eigenvalue weighted by Crippen LogP contribution is 2.32. The summed E-state index contributed by atoms with van der Waals surface area (Å²) in [7, 11) is 6.04. The summed E-state index contributed by atoms with van der Waals surface area (Å²) in [6, 6.07) is 16.4. The van der Waals surface area contributed by atoms with Crippen LogP contribution in [0.1, 0.15) is 10.4 Å². The van der Waals surface area contributed by atoms with Gasteiger partial charge in [0.2, 0.25) is 0 Å². The van der Waals surface area contributed by atoms with E-state index in [0.29, 0.717) is 39.5 Å². The molecular formula is C26H22O8. The van der Waals surface area contributed by atoms with Gasteiger partial charge in [0, 0.05) is 17.5 Å². The second-order valence-electron chi connectivity index (χ2n) is 7.21. The van der Waals surface area contributed by atoms with Crippen LogP contribution >= 0.6 is 0 Å². The highest BCUT2D eigenvalue weighted by atomic mass is 16.5. The first-order chi connectivity index (χ1) is 16.4. The Balaban J connectivity index is 1.65. The van der Waals surface area contributed by atoms with Crippen LogP contribution in [-0.2, 0) is 0 Å². The standard InChI is InChI=1S/C26H22O8/c1-29-19-9-17(10-20(13-19)30-2)25(27)33-18-7-5-16-11-21(26(28)34-23(16)14-18)15-6-8-22(31-3)24(12-15)32-4/h5-14H,1-4H3. The monoisotopic (exact) mass is 462 g/mol. The highest BCUT2D eigenvalue weighted by Gasteiger charge is 2.15. The normalized spacial score (nSPS) is 10.6. The molecule has 4 rings (SSSR count). The number of fused-ring (bicyclic) bond motifs is 1. The molecule has 0 unspecified atom stereocenters. The lowest BCUT2D eigenvalue weighted by Gasteiger charge is -2.10. The van der Waals surface area contributed by atoms with Gasteiger partial charge >= 0.3 is 11.6 Å². The minimum absolute atomic E-state index is 0.223. The van der Waals surface area contributed by atoms with Crippen LogP contribution in [0.25, 0.3) is 22.1 Å². The van der Waals surface area contributed by atoms with E-state index in [9.17, 15) is 9.59 Å². The van der Waals surface area contributed by atoms with E-state index in [4.69, 9.17) is 28.1 Å².